The Balaban J connectivity index is 1.77. The van der Waals surface area contributed by atoms with Gasteiger partial charge >= 0.3 is 0 Å². The number of aryl methyl sites for hydroxylation is 2. The molecule has 140 valence electrons. The fraction of sp³-hybridized carbons (Fsp3) is 0.348. The Morgan fingerprint density at radius 1 is 1.15 bits per heavy atom. The molecule has 1 N–H and O–H groups in total. The largest absolute Gasteiger partial charge is 0.492 e. The van der Waals surface area contributed by atoms with Crippen LogP contribution in [0.4, 0.5) is 0 Å². The minimum atomic E-state index is 0.338. The van der Waals surface area contributed by atoms with Gasteiger partial charge in [-0.2, -0.15) is 0 Å². The zero-order chi connectivity index (χ0) is 19.0. The van der Waals surface area contributed by atoms with E-state index in [0.717, 1.165) is 18.7 Å². The van der Waals surface area contributed by atoms with Crippen LogP contribution in [0.3, 0.4) is 0 Å². The summed E-state index contributed by atoms with van der Waals surface area (Å²) in [4.78, 5) is 4.30. The molecular formula is C23H27N3O. The summed E-state index contributed by atoms with van der Waals surface area (Å²) in [7, 11) is 2.14. The van der Waals surface area contributed by atoms with Crippen LogP contribution in [0.25, 0.3) is 32.6 Å². The molecule has 4 nitrogen and oxygen atoms in total. The van der Waals surface area contributed by atoms with Gasteiger partial charge in [-0.15, -0.1) is 0 Å². The van der Waals surface area contributed by atoms with Crippen LogP contribution in [0.15, 0.2) is 42.7 Å². The van der Waals surface area contributed by atoms with Crippen LogP contribution in [-0.2, 0) is 7.05 Å². The van der Waals surface area contributed by atoms with E-state index in [2.05, 4.69) is 73.0 Å². The highest BCUT2D eigenvalue weighted by atomic mass is 16.5. The summed E-state index contributed by atoms with van der Waals surface area (Å²) >= 11 is 0. The van der Waals surface area contributed by atoms with Crippen LogP contribution in [0.2, 0.25) is 0 Å². The Morgan fingerprint density at radius 3 is 2.81 bits per heavy atom. The van der Waals surface area contributed by atoms with E-state index in [1.54, 1.807) is 0 Å². The average molecular weight is 361 g/mol. The van der Waals surface area contributed by atoms with Crippen LogP contribution in [0.1, 0.15) is 25.8 Å². The Morgan fingerprint density at radius 2 is 2.00 bits per heavy atom. The van der Waals surface area contributed by atoms with Crippen LogP contribution in [0, 0.1) is 6.92 Å². The molecule has 0 bridgehead atoms. The van der Waals surface area contributed by atoms with Gasteiger partial charge in [0, 0.05) is 47.2 Å². The van der Waals surface area contributed by atoms with Crippen molar-refractivity contribution in [2.45, 2.75) is 33.2 Å². The van der Waals surface area contributed by atoms with Crippen molar-refractivity contribution < 1.29 is 4.74 Å². The molecule has 2 heterocycles. The third kappa shape index (κ3) is 3.15. The van der Waals surface area contributed by atoms with E-state index < -0.39 is 0 Å². The molecule has 27 heavy (non-hydrogen) atoms. The maximum absolute atomic E-state index is 6.06. The predicted molar refractivity (Wildman–Crippen MR) is 114 cm³/mol. The minimum absolute atomic E-state index is 0.338. The Kier molecular flexibility index (Phi) is 4.75. The summed E-state index contributed by atoms with van der Waals surface area (Å²) in [6, 6.07) is 11.1. The van der Waals surface area contributed by atoms with E-state index >= 15 is 0 Å². The number of benzene rings is 2. The number of nitrogens with one attached hydrogen (secondary N) is 1. The molecule has 0 saturated heterocycles. The van der Waals surface area contributed by atoms with Crippen LogP contribution in [-0.4, -0.2) is 28.7 Å². The molecule has 0 spiro atoms. The summed E-state index contributed by atoms with van der Waals surface area (Å²) in [5.74, 6) is 0.920. The smallest absolute Gasteiger partial charge is 0.120 e. The number of ether oxygens (including phenoxy) is 1. The van der Waals surface area contributed by atoms with Crippen LogP contribution < -0.4 is 10.1 Å². The van der Waals surface area contributed by atoms with Gasteiger partial charge < -0.3 is 14.6 Å². The van der Waals surface area contributed by atoms with Gasteiger partial charge in [0.05, 0.1) is 5.52 Å². The summed E-state index contributed by atoms with van der Waals surface area (Å²) in [6.45, 7) is 8.22. The second kappa shape index (κ2) is 7.20. The second-order valence-electron chi connectivity index (χ2n) is 7.40. The molecule has 1 atom stereocenters. The lowest BCUT2D eigenvalue weighted by molar-refractivity contribution is 0.274. The Bertz CT molecular complexity index is 1110. The first-order valence-corrected chi connectivity index (χ1v) is 9.71. The number of aromatic nitrogens is 2. The molecule has 0 fully saturated rings. The van der Waals surface area contributed by atoms with E-state index in [9.17, 15) is 0 Å². The van der Waals surface area contributed by atoms with E-state index in [1.807, 2.05) is 12.4 Å². The SMILES string of the molecule is CCCN[C@@H](C)COc1ccc2c(c1)c1cc3cnccc3c(C)c1n2C. The van der Waals surface area contributed by atoms with Crippen molar-refractivity contribution >= 4 is 32.6 Å². The van der Waals surface area contributed by atoms with Crippen molar-refractivity contribution in [3.05, 3.63) is 48.3 Å². The first kappa shape index (κ1) is 17.8. The fourth-order valence-electron chi connectivity index (χ4n) is 3.96. The number of hydrogen-bond donors (Lipinski definition) is 1. The maximum Gasteiger partial charge on any atom is 0.120 e. The molecule has 0 aliphatic heterocycles. The molecule has 0 aliphatic rings. The molecule has 0 saturated carbocycles. The molecule has 0 aliphatic carbocycles. The molecule has 2 aromatic carbocycles. The highest BCUT2D eigenvalue weighted by Gasteiger charge is 2.14. The maximum atomic E-state index is 6.06. The van der Waals surface area contributed by atoms with Crippen molar-refractivity contribution in [3.8, 4) is 5.75 Å². The third-order valence-corrected chi connectivity index (χ3v) is 5.36. The summed E-state index contributed by atoms with van der Waals surface area (Å²) < 4.78 is 8.35. The van der Waals surface area contributed by atoms with Crippen molar-refractivity contribution in [3.63, 3.8) is 0 Å². The quantitative estimate of drug-likeness (QED) is 0.528. The lowest BCUT2D eigenvalue weighted by Crippen LogP contribution is -2.32. The number of fused-ring (bicyclic) bond motifs is 4. The number of pyridine rings is 1. The molecule has 0 radical (unpaired) electrons. The van der Waals surface area contributed by atoms with Crippen molar-refractivity contribution in [2.75, 3.05) is 13.2 Å². The standard InChI is InChI=1S/C23H27N3O/c1-5-9-25-15(2)14-27-18-6-7-22-20(12-18)21-11-17-13-24-10-8-19(17)16(3)23(21)26(22)4/h6-8,10-13,15,25H,5,9,14H2,1-4H3/t15-/m0/s1. The average Bonchev–Trinajstić information content (AvgIpc) is 2.97. The minimum Gasteiger partial charge on any atom is -0.492 e. The monoisotopic (exact) mass is 361 g/mol. The van der Waals surface area contributed by atoms with Gasteiger partial charge in [0.15, 0.2) is 0 Å². The van der Waals surface area contributed by atoms with Gasteiger partial charge in [0.1, 0.15) is 12.4 Å². The lowest BCUT2D eigenvalue weighted by Gasteiger charge is -2.14. The number of nitrogens with zero attached hydrogens (tertiary/aromatic N) is 2. The first-order valence-electron chi connectivity index (χ1n) is 9.71. The van der Waals surface area contributed by atoms with Gasteiger partial charge in [-0.25, -0.2) is 0 Å². The molecule has 4 rings (SSSR count). The molecule has 4 heteroatoms. The van der Waals surface area contributed by atoms with Gasteiger partial charge in [0.2, 0.25) is 0 Å². The Hall–Kier alpha value is -2.59. The van der Waals surface area contributed by atoms with E-state index in [-0.39, 0.29) is 0 Å². The molecule has 4 aromatic rings. The lowest BCUT2D eigenvalue weighted by atomic mass is 10.0. The second-order valence-corrected chi connectivity index (χ2v) is 7.40. The fourth-order valence-corrected chi connectivity index (χ4v) is 3.96. The van der Waals surface area contributed by atoms with E-state index in [4.69, 9.17) is 4.74 Å². The first-order chi connectivity index (χ1) is 13.1. The van der Waals surface area contributed by atoms with E-state index in [1.165, 1.54) is 38.1 Å². The highest BCUT2D eigenvalue weighted by molar-refractivity contribution is 6.14. The number of rotatable bonds is 6. The Labute approximate surface area is 160 Å². The zero-order valence-corrected chi connectivity index (χ0v) is 16.5. The van der Waals surface area contributed by atoms with Crippen LogP contribution >= 0.6 is 0 Å². The van der Waals surface area contributed by atoms with Gasteiger partial charge in [-0.3, -0.25) is 4.98 Å². The molecular weight excluding hydrogens is 334 g/mol. The summed E-state index contributed by atoms with van der Waals surface area (Å²) in [5.41, 5.74) is 3.79. The molecule has 0 unspecified atom stereocenters. The predicted octanol–water partition coefficient (Wildman–Crippen LogP) is 4.96. The normalized spacial score (nSPS) is 12.9. The van der Waals surface area contributed by atoms with Gasteiger partial charge in [0.25, 0.3) is 0 Å². The van der Waals surface area contributed by atoms with Gasteiger partial charge in [-0.1, -0.05) is 6.92 Å². The van der Waals surface area contributed by atoms with Gasteiger partial charge in [-0.05, 0) is 68.1 Å². The molecule has 0 amide bonds. The third-order valence-electron chi connectivity index (χ3n) is 5.36. The number of hydrogen-bond acceptors (Lipinski definition) is 3. The van der Waals surface area contributed by atoms with Crippen LogP contribution in [0.5, 0.6) is 5.75 Å². The summed E-state index contributed by atoms with van der Waals surface area (Å²) in [6.07, 6.45) is 4.94. The van der Waals surface area contributed by atoms with Crippen molar-refractivity contribution in [1.82, 2.24) is 14.9 Å². The van der Waals surface area contributed by atoms with Crippen molar-refractivity contribution in [1.29, 1.82) is 0 Å². The topological polar surface area (TPSA) is 39.1 Å². The van der Waals surface area contributed by atoms with E-state index in [0.29, 0.717) is 12.6 Å². The molecule has 2 aromatic heterocycles. The highest BCUT2D eigenvalue weighted by Crippen LogP contribution is 2.36. The van der Waals surface area contributed by atoms with Crippen molar-refractivity contribution in [2.24, 2.45) is 7.05 Å². The summed E-state index contributed by atoms with van der Waals surface area (Å²) in [5, 5.41) is 8.39. The zero-order valence-electron chi connectivity index (χ0n) is 16.5.